The van der Waals surface area contributed by atoms with E-state index >= 15 is 0 Å². The van der Waals surface area contributed by atoms with Crippen LogP contribution in [0.1, 0.15) is 6.92 Å². The fraction of sp³-hybridized carbons (Fsp3) is 0.400. The second-order valence-electron chi connectivity index (χ2n) is 3.73. The summed E-state index contributed by atoms with van der Waals surface area (Å²) >= 11 is 17.7. The summed E-state index contributed by atoms with van der Waals surface area (Å²) in [6, 6.07) is 3.20. The fourth-order valence-corrected chi connectivity index (χ4v) is 2.02. The van der Waals surface area contributed by atoms with Gasteiger partial charge in [0, 0.05) is 5.02 Å². The van der Waals surface area contributed by atoms with Gasteiger partial charge in [0.2, 0.25) is 0 Å². The SMILES string of the molecule is CC1(COc2c(Cl)cc(Cl)cc2Cl)CO1. The Labute approximate surface area is 103 Å². The van der Waals surface area contributed by atoms with Crippen molar-refractivity contribution < 1.29 is 9.47 Å². The van der Waals surface area contributed by atoms with Crippen LogP contribution in [0, 0.1) is 0 Å². The molecule has 0 amide bonds. The molecule has 1 aliphatic rings. The Kier molecular flexibility index (Phi) is 3.04. The Morgan fingerprint density at radius 2 is 1.87 bits per heavy atom. The third-order valence-corrected chi connectivity index (χ3v) is 2.90. The number of epoxide rings is 1. The highest BCUT2D eigenvalue weighted by molar-refractivity contribution is 6.40. The molecule has 1 fully saturated rings. The molecular formula is C10H9Cl3O2. The topological polar surface area (TPSA) is 21.8 Å². The minimum absolute atomic E-state index is 0.188. The highest BCUT2D eigenvalue weighted by Crippen LogP contribution is 2.37. The largest absolute Gasteiger partial charge is 0.487 e. The van der Waals surface area contributed by atoms with Crippen LogP contribution in [0.5, 0.6) is 5.75 Å². The molecule has 0 aromatic heterocycles. The van der Waals surface area contributed by atoms with E-state index in [9.17, 15) is 0 Å². The first-order valence-corrected chi connectivity index (χ1v) is 5.55. The lowest BCUT2D eigenvalue weighted by molar-refractivity contribution is 0.203. The zero-order valence-electron chi connectivity index (χ0n) is 8.02. The van der Waals surface area contributed by atoms with E-state index in [0.717, 1.165) is 0 Å². The maximum absolute atomic E-state index is 5.95. The van der Waals surface area contributed by atoms with E-state index in [2.05, 4.69) is 0 Å². The van der Waals surface area contributed by atoms with Crippen LogP contribution in [0.3, 0.4) is 0 Å². The van der Waals surface area contributed by atoms with Crippen molar-refractivity contribution in [1.82, 2.24) is 0 Å². The number of rotatable bonds is 3. The molecule has 1 saturated heterocycles. The quantitative estimate of drug-likeness (QED) is 0.777. The molecule has 15 heavy (non-hydrogen) atoms. The van der Waals surface area contributed by atoms with E-state index < -0.39 is 0 Å². The van der Waals surface area contributed by atoms with Crippen molar-refractivity contribution >= 4 is 34.8 Å². The average Bonchev–Trinajstić information content (AvgIpc) is 2.82. The molecule has 1 unspecified atom stereocenters. The Balaban J connectivity index is 2.13. The number of benzene rings is 1. The predicted molar refractivity (Wildman–Crippen MR) is 61.3 cm³/mol. The van der Waals surface area contributed by atoms with Gasteiger partial charge in [0.05, 0.1) is 16.7 Å². The molecule has 0 bridgehead atoms. The van der Waals surface area contributed by atoms with Crippen LogP contribution in [-0.4, -0.2) is 18.8 Å². The van der Waals surface area contributed by atoms with Crippen molar-refractivity contribution in [2.75, 3.05) is 13.2 Å². The lowest BCUT2D eigenvalue weighted by atomic mass is 10.2. The van der Waals surface area contributed by atoms with Crippen molar-refractivity contribution in [3.63, 3.8) is 0 Å². The molecule has 82 valence electrons. The Hall–Kier alpha value is -0.150. The lowest BCUT2D eigenvalue weighted by Crippen LogP contribution is -2.17. The Morgan fingerprint density at radius 3 is 2.33 bits per heavy atom. The molecule has 0 spiro atoms. The van der Waals surface area contributed by atoms with Gasteiger partial charge in [-0.3, -0.25) is 0 Å². The average molecular weight is 268 g/mol. The first-order chi connectivity index (χ1) is 7.00. The highest BCUT2D eigenvalue weighted by atomic mass is 35.5. The standard InChI is InChI=1S/C10H9Cl3O2/c1-10(5-15-10)4-14-9-7(12)2-6(11)3-8(9)13/h2-3H,4-5H2,1H3. The molecule has 1 aliphatic heterocycles. The maximum atomic E-state index is 5.95. The molecular weight excluding hydrogens is 258 g/mol. The molecule has 1 aromatic rings. The van der Waals surface area contributed by atoms with Crippen molar-refractivity contribution in [3.8, 4) is 5.75 Å². The second-order valence-corrected chi connectivity index (χ2v) is 4.98. The fourth-order valence-electron chi connectivity index (χ4n) is 1.10. The summed E-state index contributed by atoms with van der Waals surface area (Å²) in [5.74, 6) is 0.458. The summed E-state index contributed by atoms with van der Waals surface area (Å²) in [7, 11) is 0. The van der Waals surface area contributed by atoms with E-state index in [0.29, 0.717) is 34.0 Å². The molecule has 5 heteroatoms. The minimum Gasteiger partial charge on any atom is -0.487 e. The Bertz CT molecular complexity index is 365. The molecule has 0 saturated carbocycles. The van der Waals surface area contributed by atoms with E-state index in [1.165, 1.54) is 0 Å². The normalized spacial score (nSPS) is 24.0. The number of hydrogen-bond donors (Lipinski definition) is 0. The van der Waals surface area contributed by atoms with Gasteiger partial charge in [-0.1, -0.05) is 34.8 Å². The zero-order valence-corrected chi connectivity index (χ0v) is 10.3. The number of ether oxygens (including phenoxy) is 2. The van der Waals surface area contributed by atoms with Crippen LogP contribution in [0.2, 0.25) is 15.1 Å². The second kappa shape index (κ2) is 4.02. The van der Waals surface area contributed by atoms with Gasteiger partial charge < -0.3 is 9.47 Å². The summed E-state index contributed by atoms with van der Waals surface area (Å²) in [6.45, 7) is 3.11. The highest BCUT2D eigenvalue weighted by Gasteiger charge is 2.40. The van der Waals surface area contributed by atoms with Gasteiger partial charge in [-0.05, 0) is 19.1 Å². The van der Waals surface area contributed by atoms with Gasteiger partial charge in [0.25, 0.3) is 0 Å². The van der Waals surface area contributed by atoms with Crippen LogP contribution in [-0.2, 0) is 4.74 Å². The smallest absolute Gasteiger partial charge is 0.156 e. The molecule has 0 radical (unpaired) electrons. The predicted octanol–water partition coefficient (Wildman–Crippen LogP) is 3.81. The van der Waals surface area contributed by atoms with Gasteiger partial charge in [0.15, 0.2) is 5.75 Å². The van der Waals surface area contributed by atoms with Gasteiger partial charge in [-0.15, -0.1) is 0 Å². The minimum atomic E-state index is -0.188. The lowest BCUT2D eigenvalue weighted by Gasteiger charge is -2.12. The van der Waals surface area contributed by atoms with Crippen LogP contribution in [0.15, 0.2) is 12.1 Å². The first kappa shape index (κ1) is 11.3. The van der Waals surface area contributed by atoms with Crippen molar-refractivity contribution in [1.29, 1.82) is 0 Å². The van der Waals surface area contributed by atoms with E-state index in [-0.39, 0.29) is 5.60 Å². The van der Waals surface area contributed by atoms with Crippen LogP contribution in [0.25, 0.3) is 0 Å². The summed E-state index contributed by atoms with van der Waals surface area (Å²) in [5.41, 5.74) is -0.188. The number of hydrogen-bond acceptors (Lipinski definition) is 2. The van der Waals surface area contributed by atoms with E-state index in [4.69, 9.17) is 44.3 Å². The molecule has 2 rings (SSSR count). The Morgan fingerprint density at radius 1 is 1.33 bits per heavy atom. The summed E-state index contributed by atoms with van der Waals surface area (Å²) < 4.78 is 10.7. The molecule has 0 N–H and O–H groups in total. The third-order valence-electron chi connectivity index (χ3n) is 2.12. The van der Waals surface area contributed by atoms with E-state index in [1.807, 2.05) is 6.92 Å². The monoisotopic (exact) mass is 266 g/mol. The van der Waals surface area contributed by atoms with Gasteiger partial charge in [-0.2, -0.15) is 0 Å². The van der Waals surface area contributed by atoms with Crippen molar-refractivity contribution in [2.24, 2.45) is 0 Å². The molecule has 0 aliphatic carbocycles. The van der Waals surface area contributed by atoms with Crippen molar-refractivity contribution in [2.45, 2.75) is 12.5 Å². The molecule has 2 nitrogen and oxygen atoms in total. The van der Waals surface area contributed by atoms with Crippen LogP contribution in [0.4, 0.5) is 0 Å². The van der Waals surface area contributed by atoms with Crippen LogP contribution < -0.4 is 4.74 Å². The molecule has 1 atom stereocenters. The summed E-state index contributed by atoms with van der Waals surface area (Å²) in [4.78, 5) is 0. The number of halogens is 3. The molecule has 1 aromatic carbocycles. The van der Waals surface area contributed by atoms with Crippen molar-refractivity contribution in [3.05, 3.63) is 27.2 Å². The first-order valence-electron chi connectivity index (χ1n) is 4.41. The molecule has 1 heterocycles. The summed E-state index contributed by atoms with van der Waals surface area (Å²) in [5, 5.41) is 1.32. The summed E-state index contributed by atoms with van der Waals surface area (Å²) in [6.07, 6.45) is 0. The maximum Gasteiger partial charge on any atom is 0.156 e. The van der Waals surface area contributed by atoms with E-state index in [1.54, 1.807) is 12.1 Å². The van der Waals surface area contributed by atoms with Gasteiger partial charge in [-0.25, -0.2) is 0 Å². The van der Waals surface area contributed by atoms with Gasteiger partial charge in [0.1, 0.15) is 12.2 Å². The third kappa shape index (κ3) is 2.70. The van der Waals surface area contributed by atoms with Gasteiger partial charge >= 0.3 is 0 Å². The zero-order chi connectivity index (χ0) is 11.1. The van der Waals surface area contributed by atoms with Crippen LogP contribution >= 0.6 is 34.8 Å².